The van der Waals surface area contributed by atoms with Crippen LogP contribution in [0.2, 0.25) is 0 Å². The number of carbonyl (C=O) groups excluding carboxylic acids is 2. The molecule has 0 radical (unpaired) electrons. The maximum Gasteiger partial charge on any atom is 0.321 e. The number of thiazole rings is 1. The summed E-state index contributed by atoms with van der Waals surface area (Å²) in [4.78, 5) is 50.7. The highest BCUT2D eigenvalue weighted by molar-refractivity contribution is 7.14. The van der Waals surface area contributed by atoms with Crippen LogP contribution in [-0.4, -0.2) is 46.1 Å². The summed E-state index contributed by atoms with van der Waals surface area (Å²) >= 11 is 1.43. The van der Waals surface area contributed by atoms with E-state index >= 15 is 0 Å². The lowest BCUT2D eigenvalue weighted by molar-refractivity contribution is -0.141. The second-order valence-corrected chi connectivity index (χ2v) is 11.9. The van der Waals surface area contributed by atoms with Gasteiger partial charge in [0.15, 0.2) is 5.13 Å². The van der Waals surface area contributed by atoms with Crippen LogP contribution in [0, 0.1) is 11.8 Å². The van der Waals surface area contributed by atoms with E-state index in [1.165, 1.54) is 11.3 Å². The van der Waals surface area contributed by atoms with Gasteiger partial charge in [-0.05, 0) is 36.8 Å². The van der Waals surface area contributed by atoms with Crippen LogP contribution in [0.1, 0.15) is 57.1 Å². The zero-order valence-electron chi connectivity index (χ0n) is 22.5. The van der Waals surface area contributed by atoms with Crippen LogP contribution in [0.5, 0.6) is 0 Å². The Bertz CT molecular complexity index is 1450. The molecule has 0 spiro atoms. The Balaban J connectivity index is 1.30. The Hall–Kier alpha value is -3.79. The number of hydrogen-bond donors (Lipinski definition) is 2. The molecule has 3 heterocycles. The molecule has 0 unspecified atom stereocenters. The van der Waals surface area contributed by atoms with Crippen molar-refractivity contribution in [2.75, 3.05) is 16.8 Å². The van der Waals surface area contributed by atoms with Crippen molar-refractivity contribution in [3.8, 4) is 22.4 Å². The molecule has 2 aromatic heterocycles. The van der Waals surface area contributed by atoms with Crippen molar-refractivity contribution in [1.82, 2.24) is 15.3 Å². The Labute approximate surface area is 237 Å². The Morgan fingerprint density at radius 1 is 1.18 bits per heavy atom. The zero-order valence-corrected chi connectivity index (χ0v) is 23.3. The number of anilines is 2. The van der Waals surface area contributed by atoms with Gasteiger partial charge in [0, 0.05) is 41.7 Å². The molecule has 2 saturated carbocycles. The lowest BCUT2D eigenvalue weighted by Crippen LogP contribution is -2.42. The van der Waals surface area contributed by atoms with E-state index in [1.54, 1.807) is 16.8 Å². The largest absolute Gasteiger partial charge is 0.481 e. The van der Waals surface area contributed by atoms with E-state index in [9.17, 15) is 19.5 Å². The summed E-state index contributed by atoms with van der Waals surface area (Å²) in [6, 6.07) is 9.82. The topological polar surface area (TPSA) is 116 Å². The third-order valence-electron chi connectivity index (χ3n) is 8.24. The molecular formula is C30H33N5O4S. The maximum absolute atomic E-state index is 13.9. The molecular weight excluding hydrogens is 526 g/mol. The molecule has 208 valence electrons. The number of benzene rings is 1. The summed E-state index contributed by atoms with van der Waals surface area (Å²) in [6.07, 6.45) is 8.57. The molecule has 3 aliphatic rings. The third-order valence-corrected chi connectivity index (χ3v) is 9.08. The Morgan fingerprint density at radius 3 is 2.65 bits per heavy atom. The van der Waals surface area contributed by atoms with Gasteiger partial charge in [-0.25, -0.2) is 9.78 Å². The third kappa shape index (κ3) is 5.32. The summed E-state index contributed by atoms with van der Waals surface area (Å²) in [5.41, 5.74) is 5.05. The van der Waals surface area contributed by atoms with Gasteiger partial charge in [0.2, 0.25) is 5.91 Å². The minimum Gasteiger partial charge on any atom is -0.481 e. The molecule has 1 aromatic carbocycles. The average molecular weight is 560 g/mol. The van der Waals surface area contributed by atoms with E-state index in [0.717, 1.165) is 72.3 Å². The van der Waals surface area contributed by atoms with E-state index in [1.807, 2.05) is 41.9 Å². The average Bonchev–Trinajstić information content (AvgIpc) is 3.42. The number of nitrogens with zero attached hydrogens (tertiary/aromatic N) is 4. The fourth-order valence-corrected chi connectivity index (χ4v) is 6.89. The van der Waals surface area contributed by atoms with Crippen LogP contribution >= 0.6 is 11.3 Å². The van der Waals surface area contributed by atoms with Crippen molar-refractivity contribution in [2.45, 2.75) is 64.0 Å². The number of carbonyl (C=O) groups is 3. The smallest absolute Gasteiger partial charge is 0.321 e. The van der Waals surface area contributed by atoms with Gasteiger partial charge in [0.1, 0.15) is 0 Å². The van der Waals surface area contributed by atoms with E-state index < -0.39 is 11.9 Å². The standard InChI is InChI=1S/C30H33N5O4S/c1-34-26-13-20(15-31-24(26)16-32-29(34)39)22-8-4-5-9-23(22)25-17-40-30(33-25)35(21-10-11-21)28(38)19(14-27(36)37)12-18-6-2-3-7-18/h4-5,8-9,13,15,17-19,21H,2-3,6-7,10-12,14,16H2,1H3,(H,32,39)(H,36,37)/t19-/m1/s1. The molecule has 3 aromatic rings. The second kappa shape index (κ2) is 11.0. The summed E-state index contributed by atoms with van der Waals surface area (Å²) in [5.74, 6) is -1.14. The number of hydrogen-bond acceptors (Lipinski definition) is 6. The minimum atomic E-state index is -0.928. The Morgan fingerprint density at radius 2 is 1.93 bits per heavy atom. The first-order valence-corrected chi connectivity index (χ1v) is 14.9. The van der Waals surface area contributed by atoms with Gasteiger partial charge in [-0.15, -0.1) is 11.3 Å². The number of rotatable bonds is 9. The second-order valence-electron chi connectivity index (χ2n) is 11.1. The zero-order chi connectivity index (χ0) is 27.8. The summed E-state index contributed by atoms with van der Waals surface area (Å²) in [6.45, 7) is 0.393. The molecule has 2 aliphatic carbocycles. The number of fused-ring (bicyclic) bond motifs is 1. The van der Waals surface area contributed by atoms with Gasteiger partial charge in [-0.2, -0.15) is 0 Å². The first kappa shape index (κ1) is 26.4. The molecule has 0 bridgehead atoms. The molecule has 0 saturated heterocycles. The van der Waals surface area contributed by atoms with Crippen LogP contribution in [-0.2, 0) is 16.1 Å². The molecule has 2 N–H and O–H groups in total. The quantitative estimate of drug-likeness (QED) is 0.348. The molecule has 6 rings (SSSR count). The summed E-state index contributed by atoms with van der Waals surface area (Å²) in [5, 5.41) is 15.0. The summed E-state index contributed by atoms with van der Waals surface area (Å²) in [7, 11) is 1.73. The highest BCUT2D eigenvalue weighted by Gasteiger charge is 2.40. The van der Waals surface area contributed by atoms with Crippen molar-refractivity contribution in [3.63, 3.8) is 0 Å². The number of nitrogens with one attached hydrogen (secondary N) is 1. The first-order chi connectivity index (χ1) is 19.4. The van der Waals surface area contributed by atoms with Crippen LogP contribution < -0.4 is 15.1 Å². The van der Waals surface area contributed by atoms with Gasteiger partial charge >= 0.3 is 12.0 Å². The van der Waals surface area contributed by atoms with Crippen LogP contribution in [0.15, 0.2) is 41.9 Å². The Kier molecular flexibility index (Phi) is 7.27. The number of pyridine rings is 1. The highest BCUT2D eigenvalue weighted by atomic mass is 32.1. The monoisotopic (exact) mass is 559 g/mol. The van der Waals surface area contributed by atoms with Gasteiger partial charge in [-0.3, -0.25) is 24.4 Å². The number of aliphatic carboxylic acids is 1. The molecule has 3 amide bonds. The number of amides is 3. The van der Waals surface area contributed by atoms with E-state index in [-0.39, 0.29) is 24.4 Å². The van der Waals surface area contributed by atoms with Crippen LogP contribution in [0.25, 0.3) is 22.4 Å². The predicted molar refractivity (Wildman–Crippen MR) is 154 cm³/mol. The van der Waals surface area contributed by atoms with Crippen molar-refractivity contribution >= 4 is 40.1 Å². The van der Waals surface area contributed by atoms with E-state index in [0.29, 0.717) is 24.0 Å². The molecule has 1 aliphatic heterocycles. The number of carboxylic acid groups (broad SMARTS) is 1. The summed E-state index contributed by atoms with van der Waals surface area (Å²) < 4.78 is 0. The minimum absolute atomic E-state index is 0.0770. The molecule has 2 fully saturated rings. The SMILES string of the molecule is CN1C(=O)NCc2ncc(-c3ccccc3-c3csc(N(C(=O)[C@@H](CC(=O)O)CC4CCCC4)C4CC4)n3)cc21. The van der Waals surface area contributed by atoms with Gasteiger partial charge in [0.25, 0.3) is 0 Å². The lowest BCUT2D eigenvalue weighted by Gasteiger charge is -2.26. The van der Waals surface area contributed by atoms with Gasteiger partial charge in [-0.1, -0.05) is 49.9 Å². The molecule has 9 nitrogen and oxygen atoms in total. The van der Waals surface area contributed by atoms with Crippen molar-refractivity contribution in [2.24, 2.45) is 11.8 Å². The number of urea groups is 1. The van der Waals surface area contributed by atoms with E-state index in [4.69, 9.17) is 4.98 Å². The molecule has 1 atom stereocenters. The van der Waals surface area contributed by atoms with E-state index in [2.05, 4.69) is 10.3 Å². The highest BCUT2D eigenvalue weighted by Crippen LogP contribution is 2.41. The van der Waals surface area contributed by atoms with Crippen molar-refractivity contribution in [3.05, 3.63) is 47.6 Å². The number of carboxylic acids is 1. The molecule has 40 heavy (non-hydrogen) atoms. The fraction of sp³-hybridized carbons (Fsp3) is 0.433. The van der Waals surface area contributed by atoms with Crippen LogP contribution in [0.4, 0.5) is 15.6 Å². The fourth-order valence-electron chi connectivity index (χ4n) is 5.99. The van der Waals surface area contributed by atoms with Crippen molar-refractivity contribution in [1.29, 1.82) is 0 Å². The molecule has 10 heteroatoms. The number of aromatic nitrogens is 2. The maximum atomic E-state index is 13.9. The normalized spacial score (nSPS) is 17.8. The van der Waals surface area contributed by atoms with Gasteiger partial charge < -0.3 is 10.4 Å². The van der Waals surface area contributed by atoms with Gasteiger partial charge in [0.05, 0.1) is 30.0 Å². The first-order valence-electron chi connectivity index (χ1n) is 14.0. The predicted octanol–water partition coefficient (Wildman–Crippen LogP) is 5.70. The lowest BCUT2D eigenvalue weighted by atomic mass is 9.90. The van der Waals surface area contributed by atoms with Crippen molar-refractivity contribution < 1.29 is 19.5 Å². The van der Waals surface area contributed by atoms with Crippen LogP contribution in [0.3, 0.4) is 0 Å².